The lowest BCUT2D eigenvalue weighted by atomic mass is 9.33. The molecule has 0 aromatic heterocycles. The van der Waals surface area contributed by atoms with Gasteiger partial charge >= 0.3 is 0 Å². The van der Waals surface area contributed by atoms with Gasteiger partial charge in [0.25, 0.3) is 6.71 Å². The molecule has 0 bridgehead atoms. The summed E-state index contributed by atoms with van der Waals surface area (Å²) in [6, 6.07) is 39.2. The van der Waals surface area contributed by atoms with Gasteiger partial charge in [0, 0.05) is 38.2 Å². The van der Waals surface area contributed by atoms with Gasteiger partial charge in [0.1, 0.15) is 0 Å². The number of fused-ring (bicyclic) bond motifs is 7. The lowest BCUT2D eigenvalue weighted by Crippen LogP contribution is -2.62. The molecular formula is C61H69BN2. The van der Waals surface area contributed by atoms with Crippen molar-refractivity contribution in [3.05, 3.63) is 148 Å². The molecule has 2 nitrogen and oxygen atoms in total. The second-order valence-corrected chi connectivity index (χ2v) is 24.5. The summed E-state index contributed by atoms with van der Waals surface area (Å²) in [5, 5.41) is 0. The average molecular weight is 844 g/mol. The topological polar surface area (TPSA) is 6.48 Å². The van der Waals surface area contributed by atoms with E-state index in [1.807, 2.05) is 12.1 Å². The Labute approximate surface area is 389 Å². The predicted octanol–water partition coefficient (Wildman–Crippen LogP) is 14.7. The Hall–Kier alpha value is -5.02. The molecule has 2 heterocycles. The smallest absolute Gasteiger partial charge is 0.252 e. The Morgan fingerprint density at radius 3 is 1.61 bits per heavy atom. The zero-order chi connectivity index (χ0) is 47.8. The van der Waals surface area contributed by atoms with Gasteiger partial charge in [-0.1, -0.05) is 144 Å². The molecule has 0 N–H and O–H groups in total. The minimum Gasteiger partial charge on any atom is -0.311 e. The third-order valence-electron chi connectivity index (χ3n) is 17.2. The molecule has 11 rings (SSSR count). The highest BCUT2D eigenvalue weighted by Crippen LogP contribution is 2.55. The number of hydrogen-bond donors (Lipinski definition) is 0. The van der Waals surface area contributed by atoms with Gasteiger partial charge in [-0.15, -0.1) is 0 Å². The summed E-state index contributed by atoms with van der Waals surface area (Å²) in [6.45, 7) is 28.6. The molecule has 0 radical (unpaired) electrons. The molecule has 0 saturated heterocycles. The first-order chi connectivity index (χ1) is 31.2. The molecule has 0 amide bonds. The molecular weight excluding hydrogens is 771 g/mol. The fraction of sp³-hybridized carbons (Fsp3) is 0.410. The first-order valence-electron chi connectivity index (χ1n) is 25.7. The summed E-state index contributed by atoms with van der Waals surface area (Å²) >= 11 is 0. The summed E-state index contributed by atoms with van der Waals surface area (Å²) in [5.74, 6) is 0. The maximum Gasteiger partial charge on any atom is 0.252 e. The van der Waals surface area contributed by atoms with Crippen molar-refractivity contribution in [2.24, 2.45) is 0 Å². The quantitative estimate of drug-likeness (QED) is 0.164. The molecule has 6 aromatic rings. The highest BCUT2D eigenvalue weighted by molar-refractivity contribution is 7.00. The standard InChI is InChI=1S/C61H69BN2/c1-37-28-53-55-54(29-37)64(51-34-47-43(30-38(51)2)60(11,12)36-61(47,13)14)50-23-20-40(39-18-16-15-17-19-39)31-48(50)62(55)49-33-45-46(59(9,10)27-26-58(45,7)8)35-52(49)63(53)41-21-22-42-44(32-41)57(5,6)25-24-56(42,3)4/h15-23,28-35H,24-27,36H2,1-14H3/i1D3. The van der Waals surface area contributed by atoms with Crippen molar-refractivity contribution in [3.63, 3.8) is 0 Å². The SMILES string of the molecule is [2H]C([2H])([2H])c1cc2c3c(c1)N(c1cc4c(cc1C)C(C)(C)CC4(C)C)c1ccc(-c4ccccc4)cc1B3c1cc3c(cc1N2c1ccc2c(c1)C(C)(C)CCC2(C)C)C(C)(C)CCC3(C)C. The molecule has 6 aromatic carbocycles. The predicted molar refractivity (Wildman–Crippen MR) is 277 cm³/mol. The minimum absolute atomic E-state index is 0.0130. The lowest BCUT2D eigenvalue weighted by molar-refractivity contribution is 0.332. The van der Waals surface area contributed by atoms with E-state index in [0.29, 0.717) is 5.56 Å². The van der Waals surface area contributed by atoms with Gasteiger partial charge in [0.05, 0.1) is 0 Å². The fourth-order valence-electron chi connectivity index (χ4n) is 13.5. The van der Waals surface area contributed by atoms with Crippen LogP contribution in [0.5, 0.6) is 0 Å². The molecule has 0 spiro atoms. The van der Waals surface area contributed by atoms with Crippen LogP contribution < -0.4 is 26.2 Å². The van der Waals surface area contributed by atoms with Gasteiger partial charge in [0.15, 0.2) is 0 Å². The monoisotopic (exact) mass is 844 g/mol. The number of hydrogen-bond acceptors (Lipinski definition) is 2. The minimum atomic E-state index is -2.35. The lowest BCUT2D eigenvalue weighted by Gasteiger charge is -2.48. The first-order valence-corrected chi connectivity index (χ1v) is 24.2. The van der Waals surface area contributed by atoms with Crippen LogP contribution in [0.1, 0.15) is 164 Å². The number of aryl methyl sites for hydroxylation is 2. The van der Waals surface area contributed by atoms with E-state index in [2.05, 4.69) is 191 Å². The zero-order valence-electron chi connectivity index (χ0n) is 43.8. The van der Waals surface area contributed by atoms with Crippen LogP contribution >= 0.6 is 0 Å². The third kappa shape index (κ3) is 5.97. The van der Waals surface area contributed by atoms with Crippen molar-refractivity contribution < 1.29 is 4.11 Å². The van der Waals surface area contributed by atoms with Gasteiger partial charge in [-0.2, -0.15) is 0 Å². The Morgan fingerprint density at radius 1 is 0.438 bits per heavy atom. The fourth-order valence-corrected chi connectivity index (χ4v) is 13.5. The van der Waals surface area contributed by atoms with Crippen molar-refractivity contribution in [2.45, 2.75) is 161 Å². The van der Waals surface area contributed by atoms with E-state index in [9.17, 15) is 0 Å². The zero-order valence-corrected chi connectivity index (χ0v) is 40.8. The van der Waals surface area contributed by atoms with E-state index in [-0.39, 0.29) is 39.2 Å². The van der Waals surface area contributed by atoms with E-state index in [4.69, 9.17) is 4.11 Å². The van der Waals surface area contributed by atoms with Gasteiger partial charge < -0.3 is 9.80 Å². The molecule has 3 aliphatic carbocycles. The summed E-state index contributed by atoms with van der Waals surface area (Å²) in [6.07, 6.45) is 5.54. The van der Waals surface area contributed by atoms with E-state index in [0.717, 1.165) is 66.2 Å². The molecule has 0 atom stereocenters. The molecule has 2 aliphatic heterocycles. The Balaban J connectivity index is 1.29. The van der Waals surface area contributed by atoms with Crippen LogP contribution in [0, 0.1) is 13.8 Å². The van der Waals surface area contributed by atoms with Gasteiger partial charge in [0.2, 0.25) is 0 Å². The summed E-state index contributed by atoms with van der Waals surface area (Å²) in [5.41, 5.74) is 22.5. The molecule has 0 saturated carbocycles. The highest BCUT2D eigenvalue weighted by Gasteiger charge is 2.48. The summed E-state index contributed by atoms with van der Waals surface area (Å²) in [7, 11) is 0. The number of benzene rings is 6. The van der Waals surface area contributed by atoms with Crippen molar-refractivity contribution in [3.8, 4) is 11.1 Å². The number of anilines is 6. The second-order valence-electron chi connectivity index (χ2n) is 24.5. The van der Waals surface area contributed by atoms with Crippen molar-refractivity contribution in [1.82, 2.24) is 0 Å². The van der Waals surface area contributed by atoms with Crippen LogP contribution in [0.25, 0.3) is 11.1 Å². The van der Waals surface area contributed by atoms with E-state index in [1.165, 1.54) is 66.5 Å². The molecule has 5 aliphatic rings. The van der Waals surface area contributed by atoms with Crippen LogP contribution in [0.15, 0.2) is 103 Å². The van der Waals surface area contributed by atoms with E-state index >= 15 is 0 Å². The largest absolute Gasteiger partial charge is 0.311 e. The van der Waals surface area contributed by atoms with E-state index in [1.54, 1.807) is 0 Å². The summed E-state index contributed by atoms with van der Waals surface area (Å²) < 4.78 is 27.5. The van der Waals surface area contributed by atoms with Crippen LogP contribution in [0.4, 0.5) is 34.1 Å². The van der Waals surface area contributed by atoms with Crippen LogP contribution in [-0.4, -0.2) is 6.71 Å². The van der Waals surface area contributed by atoms with Crippen molar-refractivity contribution >= 4 is 57.2 Å². The van der Waals surface area contributed by atoms with Crippen LogP contribution in [-0.2, 0) is 32.5 Å². The maximum absolute atomic E-state index is 9.16. The Kier molecular flexibility index (Phi) is 7.95. The number of rotatable bonds is 3. The van der Waals surface area contributed by atoms with Gasteiger partial charge in [-0.05, 0) is 193 Å². The first kappa shape index (κ1) is 38.3. The molecule has 0 fully saturated rings. The molecule has 0 unspecified atom stereocenters. The van der Waals surface area contributed by atoms with Gasteiger partial charge in [-0.25, -0.2) is 0 Å². The molecule has 3 heteroatoms. The van der Waals surface area contributed by atoms with Crippen molar-refractivity contribution in [1.29, 1.82) is 0 Å². The van der Waals surface area contributed by atoms with Crippen LogP contribution in [0.3, 0.4) is 0 Å². The molecule has 326 valence electrons. The van der Waals surface area contributed by atoms with E-state index < -0.39 is 6.85 Å². The Morgan fingerprint density at radius 2 is 0.969 bits per heavy atom. The summed E-state index contributed by atoms with van der Waals surface area (Å²) in [4.78, 5) is 4.94. The average Bonchev–Trinajstić information content (AvgIpc) is 3.44. The van der Waals surface area contributed by atoms with Gasteiger partial charge in [-0.3, -0.25) is 0 Å². The maximum atomic E-state index is 9.16. The van der Waals surface area contributed by atoms with Crippen molar-refractivity contribution in [2.75, 3.05) is 9.80 Å². The second kappa shape index (κ2) is 13.3. The Bertz CT molecular complexity index is 3080. The number of nitrogens with zero attached hydrogens (tertiary/aromatic N) is 2. The molecule has 64 heavy (non-hydrogen) atoms. The third-order valence-corrected chi connectivity index (χ3v) is 17.2. The highest BCUT2D eigenvalue weighted by atomic mass is 15.2. The van der Waals surface area contributed by atoms with Crippen LogP contribution in [0.2, 0.25) is 0 Å². The normalized spacial score (nSPS) is 21.6.